The maximum Gasteiger partial charge on any atom is 0.337 e. The number of para-hydroxylation sites is 1. The Balaban J connectivity index is 1.23. The predicted molar refractivity (Wildman–Crippen MR) is 133 cm³/mol. The van der Waals surface area contributed by atoms with Crippen LogP contribution in [0, 0.1) is 0 Å². The van der Waals surface area contributed by atoms with Gasteiger partial charge in [0.1, 0.15) is 4.32 Å². The number of thioether (sulfide) groups is 1. The van der Waals surface area contributed by atoms with Crippen molar-refractivity contribution in [1.29, 1.82) is 0 Å². The van der Waals surface area contributed by atoms with E-state index in [1.807, 2.05) is 18.2 Å². The summed E-state index contributed by atoms with van der Waals surface area (Å²) in [6.45, 7) is 0.671. The highest BCUT2D eigenvalue weighted by Gasteiger charge is 2.31. The third-order valence-electron chi connectivity index (χ3n) is 5.29. The number of nitrogens with zero attached hydrogens (tertiary/aromatic N) is 1. The summed E-state index contributed by atoms with van der Waals surface area (Å²) in [5.41, 5.74) is 1.17. The Labute approximate surface area is 205 Å². The van der Waals surface area contributed by atoms with E-state index in [4.69, 9.17) is 21.7 Å². The molecule has 2 aromatic rings. The first kappa shape index (κ1) is 23.8. The third-order valence-corrected chi connectivity index (χ3v) is 6.66. The molecule has 2 N–H and O–H groups in total. The van der Waals surface area contributed by atoms with Crippen molar-refractivity contribution in [2.24, 2.45) is 0 Å². The van der Waals surface area contributed by atoms with Crippen molar-refractivity contribution in [3.8, 4) is 11.5 Å². The fraction of sp³-hybridized carbons (Fsp3) is 0.250. The van der Waals surface area contributed by atoms with Crippen LogP contribution in [0.1, 0.15) is 41.6 Å². The molecule has 10 heteroatoms. The number of amides is 2. The van der Waals surface area contributed by atoms with Crippen molar-refractivity contribution < 1.29 is 29.0 Å². The van der Waals surface area contributed by atoms with Gasteiger partial charge in [0.2, 0.25) is 12.7 Å². The lowest BCUT2D eigenvalue weighted by Gasteiger charge is -2.14. The Morgan fingerprint density at radius 1 is 1.12 bits per heavy atom. The second-order valence-electron chi connectivity index (χ2n) is 7.66. The number of aromatic carboxylic acids is 1. The monoisotopic (exact) mass is 498 g/mol. The highest BCUT2D eigenvalue weighted by atomic mass is 32.2. The highest BCUT2D eigenvalue weighted by molar-refractivity contribution is 8.26. The van der Waals surface area contributed by atoms with Crippen molar-refractivity contribution >= 4 is 57.8 Å². The van der Waals surface area contributed by atoms with E-state index in [9.17, 15) is 19.5 Å². The molecule has 0 aromatic heterocycles. The fourth-order valence-electron chi connectivity index (χ4n) is 3.57. The number of unbranched alkanes of at least 4 members (excludes halogenated alkanes) is 2. The molecule has 176 valence electrons. The molecule has 0 bridgehead atoms. The van der Waals surface area contributed by atoms with Crippen molar-refractivity contribution in [1.82, 2.24) is 4.90 Å². The van der Waals surface area contributed by atoms with Gasteiger partial charge in [-0.15, -0.1) is 0 Å². The third kappa shape index (κ3) is 5.57. The minimum absolute atomic E-state index is 0.0546. The summed E-state index contributed by atoms with van der Waals surface area (Å²) in [4.78, 5) is 38.4. The molecule has 2 aliphatic rings. The molecule has 0 saturated carbocycles. The van der Waals surface area contributed by atoms with E-state index in [1.54, 1.807) is 29.2 Å². The first-order valence-corrected chi connectivity index (χ1v) is 11.9. The molecule has 2 aliphatic heterocycles. The van der Waals surface area contributed by atoms with Crippen LogP contribution in [0.3, 0.4) is 0 Å². The van der Waals surface area contributed by atoms with Crippen LogP contribution >= 0.6 is 24.0 Å². The van der Waals surface area contributed by atoms with Crippen LogP contribution in [-0.4, -0.2) is 45.4 Å². The number of nitrogens with one attached hydrogen (secondary N) is 1. The lowest BCUT2D eigenvalue weighted by molar-refractivity contribution is -0.122. The van der Waals surface area contributed by atoms with Crippen LogP contribution in [0.15, 0.2) is 47.4 Å². The number of anilines is 1. The van der Waals surface area contributed by atoms with Crippen molar-refractivity contribution in [3.63, 3.8) is 0 Å². The van der Waals surface area contributed by atoms with Gasteiger partial charge < -0.3 is 19.9 Å². The predicted octanol–water partition coefficient (Wildman–Crippen LogP) is 4.51. The van der Waals surface area contributed by atoms with E-state index in [-0.39, 0.29) is 36.3 Å². The van der Waals surface area contributed by atoms with Gasteiger partial charge >= 0.3 is 5.97 Å². The number of hydrogen-bond acceptors (Lipinski definition) is 7. The Morgan fingerprint density at radius 3 is 2.74 bits per heavy atom. The summed E-state index contributed by atoms with van der Waals surface area (Å²) in [7, 11) is 0. The second kappa shape index (κ2) is 10.7. The van der Waals surface area contributed by atoms with E-state index in [0.717, 1.165) is 12.0 Å². The Hall–Kier alpha value is -3.37. The number of carbonyl (C=O) groups excluding carboxylic acids is 2. The molecular weight excluding hydrogens is 476 g/mol. The van der Waals surface area contributed by atoms with Crippen molar-refractivity contribution in [3.05, 3.63) is 58.5 Å². The summed E-state index contributed by atoms with van der Waals surface area (Å²) in [5.74, 6) is -0.127. The number of rotatable bonds is 9. The minimum Gasteiger partial charge on any atom is -0.478 e. The zero-order chi connectivity index (χ0) is 24.1. The van der Waals surface area contributed by atoms with Gasteiger partial charge in [-0.1, -0.05) is 48.6 Å². The summed E-state index contributed by atoms with van der Waals surface area (Å²) in [6, 6.07) is 11.8. The quantitative estimate of drug-likeness (QED) is 0.296. The van der Waals surface area contributed by atoms with Crippen LogP contribution in [0.25, 0.3) is 6.08 Å². The molecule has 0 spiro atoms. The first-order chi connectivity index (χ1) is 16.4. The highest BCUT2D eigenvalue weighted by Crippen LogP contribution is 2.36. The topological polar surface area (TPSA) is 105 Å². The van der Waals surface area contributed by atoms with Gasteiger partial charge in [0, 0.05) is 13.0 Å². The molecule has 8 nitrogen and oxygen atoms in total. The lowest BCUT2D eigenvalue weighted by Crippen LogP contribution is -2.29. The number of fused-ring (bicyclic) bond motifs is 1. The molecule has 4 rings (SSSR count). The molecule has 2 aromatic carbocycles. The lowest BCUT2D eigenvalue weighted by atomic mass is 10.1. The van der Waals surface area contributed by atoms with Gasteiger partial charge in [-0.05, 0) is 48.7 Å². The van der Waals surface area contributed by atoms with E-state index < -0.39 is 5.97 Å². The maximum atomic E-state index is 12.8. The average molecular weight is 499 g/mol. The van der Waals surface area contributed by atoms with Gasteiger partial charge in [-0.25, -0.2) is 4.79 Å². The van der Waals surface area contributed by atoms with E-state index in [0.29, 0.717) is 40.1 Å². The second-order valence-corrected chi connectivity index (χ2v) is 9.33. The molecular formula is C24H22N2O6S2. The van der Waals surface area contributed by atoms with E-state index >= 15 is 0 Å². The maximum absolute atomic E-state index is 12.8. The SMILES string of the molecule is O=C(CCCCCN1C(=O)/C(=C/c2ccc3c(c2)OCO3)SC1=S)Nc1ccccc1C(=O)O. The Bertz CT molecular complexity index is 1180. The summed E-state index contributed by atoms with van der Waals surface area (Å²) >= 11 is 6.65. The Kier molecular flexibility index (Phi) is 7.49. The van der Waals surface area contributed by atoms with Gasteiger partial charge in [-0.2, -0.15) is 0 Å². The van der Waals surface area contributed by atoms with Crippen LogP contribution in [0.2, 0.25) is 0 Å². The van der Waals surface area contributed by atoms with Crippen molar-refractivity contribution in [2.45, 2.75) is 25.7 Å². The largest absolute Gasteiger partial charge is 0.478 e. The molecule has 0 aliphatic carbocycles. The normalized spacial score (nSPS) is 15.8. The van der Waals surface area contributed by atoms with Crippen LogP contribution in [0.5, 0.6) is 11.5 Å². The average Bonchev–Trinajstić information content (AvgIpc) is 3.38. The zero-order valence-corrected chi connectivity index (χ0v) is 19.7. The van der Waals surface area contributed by atoms with Crippen LogP contribution in [-0.2, 0) is 9.59 Å². The van der Waals surface area contributed by atoms with Gasteiger partial charge in [-0.3, -0.25) is 14.5 Å². The van der Waals surface area contributed by atoms with Gasteiger partial charge in [0.25, 0.3) is 5.91 Å². The molecule has 34 heavy (non-hydrogen) atoms. The number of carboxylic acids is 1. The smallest absolute Gasteiger partial charge is 0.337 e. The fourth-order valence-corrected chi connectivity index (χ4v) is 4.88. The van der Waals surface area contributed by atoms with Crippen molar-refractivity contribution in [2.75, 3.05) is 18.7 Å². The molecule has 0 unspecified atom stereocenters. The Morgan fingerprint density at radius 2 is 1.91 bits per heavy atom. The summed E-state index contributed by atoms with van der Waals surface area (Å²) in [6.07, 6.45) is 4.09. The minimum atomic E-state index is -1.09. The number of ether oxygens (including phenoxy) is 2. The number of hydrogen-bond donors (Lipinski definition) is 2. The molecule has 0 atom stereocenters. The molecule has 2 amide bonds. The summed E-state index contributed by atoms with van der Waals surface area (Å²) in [5, 5.41) is 11.8. The molecule has 1 saturated heterocycles. The number of carbonyl (C=O) groups is 3. The standard InChI is InChI=1S/C24H22N2O6S2/c27-21(25-17-7-4-3-6-16(17)23(29)30)8-2-1-5-11-26-22(28)20(34-24(26)33)13-15-9-10-18-19(12-15)32-14-31-18/h3-4,6-7,9-10,12-13H,1-2,5,8,11,14H2,(H,25,27)(H,29,30)/b20-13-. The van der Waals surface area contributed by atoms with E-state index in [1.165, 1.54) is 17.8 Å². The first-order valence-electron chi connectivity index (χ1n) is 10.7. The molecule has 0 radical (unpaired) electrons. The van der Waals surface area contributed by atoms with Crippen LogP contribution in [0.4, 0.5) is 5.69 Å². The molecule has 1 fully saturated rings. The van der Waals surface area contributed by atoms with Gasteiger partial charge in [0.05, 0.1) is 16.2 Å². The number of benzene rings is 2. The number of carboxylic acid groups (broad SMARTS) is 1. The van der Waals surface area contributed by atoms with Gasteiger partial charge in [0.15, 0.2) is 11.5 Å². The number of thiocarbonyl (C=S) groups is 1. The molecule has 2 heterocycles. The summed E-state index contributed by atoms with van der Waals surface area (Å²) < 4.78 is 11.2. The van der Waals surface area contributed by atoms with Crippen LogP contribution < -0.4 is 14.8 Å². The van der Waals surface area contributed by atoms with E-state index in [2.05, 4.69) is 5.32 Å². The zero-order valence-electron chi connectivity index (χ0n) is 18.1.